The lowest BCUT2D eigenvalue weighted by Gasteiger charge is -2.18. The van der Waals surface area contributed by atoms with Crippen LogP contribution in [0.5, 0.6) is 0 Å². The molecule has 0 aliphatic heterocycles. The van der Waals surface area contributed by atoms with Crippen LogP contribution in [0.2, 0.25) is 0 Å². The van der Waals surface area contributed by atoms with Gasteiger partial charge in [0.1, 0.15) is 13.2 Å². The van der Waals surface area contributed by atoms with Crippen LogP contribution in [0.1, 0.15) is 245 Å². The predicted molar refractivity (Wildman–Crippen MR) is 320 cm³/mol. The van der Waals surface area contributed by atoms with Crippen LogP contribution in [-0.2, 0) is 28.6 Å². The fourth-order valence-electron chi connectivity index (χ4n) is 7.64. The summed E-state index contributed by atoms with van der Waals surface area (Å²) in [6.45, 7) is 6.33. The number of rotatable bonds is 52. The van der Waals surface area contributed by atoms with E-state index in [-0.39, 0.29) is 37.5 Å². The minimum Gasteiger partial charge on any atom is -0.462 e. The second kappa shape index (κ2) is 60.8. The van der Waals surface area contributed by atoms with E-state index < -0.39 is 6.10 Å². The summed E-state index contributed by atoms with van der Waals surface area (Å²) in [6.07, 6.45) is 87.0. The average Bonchev–Trinajstić information content (AvgIpc) is 3.40. The first-order chi connectivity index (χ1) is 36.5. The van der Waals surface area contributed by atoms with Crippen LogP contribution >= 0.6 is 0 Å². The Balaban J connectivity index is 4.48. The smallest absolute Gasteiger partial charge is 0.306 e. The van der Waals surface area contributed by atoms with E-state index in [2.05, 4.69) is 167 Å². The lowest BCUT2D eigenvalue weighted by Crippen LogP contribution is -2.30. The molecule has 0 N–H and O–H groups in total. The van der Waals surface area contributed by atoms with Crippen LogP contribution < -0.4 is 0 Å². The molecule has 0 aromatic carbocycles. The zero-order chi connectivity index (χ0) is 53.6. The van der Waals surface area contributed by atoms with Crippen LogP contribution in [0.3, 0.4) is 0 Å². The molecule has 0 aromatic rings. The summed E-state index contributed by atoms with van der Waals surface area (Å²) in [5, 5.41) is 0. The van der Waals surface area contributed by atoms with Crippen molar-refractivity contribution in [1.82, 2.24) is 0 Å². The minimum absolute atomic E-state index is 0.109. The van der Waals surface area contributed by atoms with E-state index in [4.69, 9.17) is 14.2 Å². The van der Waals surface area contributed by atoms with E-state index in [0.717, 1.165) is 141 Å². The van der Waals surface area contributed by atoms with Gasteiger partial charge in [0.25, 0.3) is 0 Å². The molecule has 0 rings (SSSR count). The third-order valence-electron chi connectivity index (χ3n) is 12.1. The van der Waals surface area contributed by atoms with Crippen molar-refractivity contribution in [3.05, 3.63) is 146 Å². The topological polar surface area (TPSA) is 78.9 Å². The van der Waals surface area contributed by atoms with E-state index >= 15 is 0 Å². The van der Waals surface area contributed by atoms with E-state index in [0.29, 0.717) is 19.3 Å². The Kier molecular flexibility index (Phi) is 57.0. The lowest BCUT2D eigenvalue weighted by molar-refractivity contribution is -0.167. The van der Waals surface area contributed by atoms with E-state index in [1.165, 1.54) is 57.8 Å². The first-order valence-electron chi connectivity index (χ1n) is 29.8. The zero-order valence-corrected chi connectivity index (χ0v) is 47.5. The molecular weight excluding hydrogens is 913 g/mol. The number of carbonyl (C=O) groups excluding carboxylic acids is 3. The van der Waals surface area contributed by atoms with Gasteiger partial charge in [-0.2, -0.15) is 0 Å². The summed E-state index contributed by atoms with van der Waals surface area (Å²) < 4.78 is 16.8. The molecule has 74 heavy (non-hydrogen) atoms. The SMILES string of the molecule is CC/C=C\C/C=C\C/C=C\C/C=C\C/C=C\C/C=C\CCCCC(=O)OC(COC(=O)CCCCCCC/C=C\CCCCC)COC(=O)CCCCCCCCC/C=C\C/C=C\C/C=C\C/C=C\C/C=C\CC. The molecule has 416 valence electrons. The van der Waals surface area contributed by atoms with Gasteiger partial charge in [-0.15, -0.1) is 0 Å². The van der Waals surface area contributed by atoms with Crippen LogP contribution in [0.25, 0.3) is 0 Å². The third kappa shape index (κ3) is 58.2. The molecule has 0 aromatic heterocycles. The largest absolute Gasteiger partial charge is 0.462 e. The van der Waals surface area contributed by atoms with Gasteiger partial charge in [0.05, 0.1) is 0 Å². The first kappa shape index (κ1) is 69.3. The summed E-state index contributed by atoms with van der Waals surface area (Å²) in [6, 6.07) is 0. The minimum atomic E-state index is -0.816. The normalized spacial score (nSPS) is 13.2. The third-order valence-corrected chi connectivity index (χ3v) is 12.1. The van der Waals surface area contributed by atoms with Crippen molar-refractivity contribution in [3.8, 4) is 0 Å². The van der Waals surface area contributed by atoms with Crippen molar-refractivity contribution in [2.24, 2.45) is 0 Å². The van der Waals surface area contributed by atoms with Gasteiger partial charge in [-0.3, -0.25) is 14.4 Å². The Morgan fingerprint density at radius 2 is 0.527 bits per heavy atom. The molecule has 0 saturated heterocycles. The highest BCUT2D eigenvalue weighted by atomic mass is 16.6. The predicted octanol–water partition coefficient (Wildman–Crippen LogP) is 20.4. The van der Waals surface area contributed by atoms with Crippen LogP contribution in [0.15, 0.2) is 146 Å². The number of carbonyl (C=O) groups is 3. The summed E-state index contributed by atoms with van der Waals surface area (Å²) in [4.78, 5) is 38.2. The molecule has 0 amide bonds. The Hall–Kier alpha value is -4.71. The van der Waals surface area contributed by atoms with Gasteiger partial charge in [0.2, 0.25) is 0 Å². The monoisotopic (exact) mass is 1020 g/mol. The molecule has 0 aliphatic rings. The number of esters is 3. The maximum absolute atomic E-state index is 12.9. The van der Waals surface area contributed by atoms with E-state index in [1.807, 2.05) is 0 Å². The van der Waals surface area contributed by atoms with Gasteiger partial charge < -0.3 is 14.2 Å². The Labute approximate surface area is 455 Å². The molecule has 0 heterocycles. The average molecular weight is 1020 g/mol. The zero-order valence-electron chi connectivity index (χ0n) is 47.5. The lowest BCUT2D eigenvalue weighted by atomic mass is 10.1. The molecule has 0 radical (unpaired) electrons. The van der Waals surface area contributed by atoms with Crippen molar-refractivity contribution in [1.29, 1.82) is 0 Å². The number of allylic oxidation sites excluding steroid dienone is 24. The number of hydrogen-bond acceptors (Lipinski definition) is 6. The van der Waals surface area contributed by atoms with Crippen molar-refractivity contribution in [2.75, 3.05) is 13.2 Å². The van der Waals surface area contributed by atoms with E-state index in [1.54, 1.807) is 0 Å². The molecule has 6 nitrogen and oxygen atoms in total. The second-order valence-electron chi connectivity index (χ2n) is 19.1. The fourth-order valence-corrected chi connectivity index (χ4v) is 7.64. The van der Waals surface area contributed by atoms with Crippen LogP contribution in [0.4, 0.5) is 0 Å². The Bertz CT molecular complexity index is 1640. The number of hydrogen-bond donors (Lipinski definition) is 0. The molecule has 0 saturated carbocycles. The number of unbranched alkanes of at least 4 members (excludes halogenated alkanes) is 17. The van der Waals surface area contributed by atoms with Crippen LogP contribution in [0, 0.1) is 0 Å². The molecule has 0 bridgehead atoms. The van der Waals surface area contributed by atoms with Crippen molar-refractivity contribution < 1.29 is 28.6 Å². The van der Waals surface area contributed by atoms with Crippen LogP contribution in [-0.4, -0.2) is 37.2 Å². The quantitative estimate of drug-likeness (QED) is 0.0261. The number of ether oxygens (including phenoxy) is 3. The highest BCUT2D eigenvalue weighted by Crippen LogP contribution is 2.13. The van der Waals surface area contributed by atoms with Gasteiger partial charge in [-0.05, 0) is 141 Å². The Morgan fingerprint density at radius 3 is 0.865 bits per heavy atom. The summed E-state index contributed by atoms with van der Waals surface area (Å²) >= 11 is 0. The fraction of sp³-hybridized carbons (Fsp3) is 0.603. The maximum atomic E-state index is 12.9. The van der Waals surface area contributed by atoms with Crippen molar-refractivity contribution >= 4 is 17.9 Å². The molecule has 6 heteroatoms. The standard InChI is InChI=1S/C68H108O6/c1-4-7-10-13-16-19-22-25-27-29-31-33-34-36-37-39-41-43-46-49-52-55-58-61-67(70)73-64-65(63-72-66(69)60-57-54-51-48-45-24-21-18-15-12-9-6-3)74-68(71)62-59-56-53-50-47-44-42-40-38-35-32-30-28-26-23-20-17-14-11-8-5-2/h7-8,10-11,16-21,25-28,31-33,35-37,40,42,47,50,65H,4-6,9,12-15,22-24,29-30,34,38-39,41,43-46,48-49,51-64H2,1-3H3/b10-7-,11-8-,19-16-,20-17-,21-18-,27-25-,28-26-,33-31-,35-32-,37-36-,42-40-,50-47-. The van der Waals surface area contributed by atoms with Gasteiger partial charge in [0, 0.05) is 19.3 Å². The van der Waals surface area contributed by atoms with Gasteiger partial charge >= 0.3 is 17.9 Å². The first-order valence-corrected chi connectivity index (χ1v) is 29.8. The molecule has 0 fully saturated rings. The molecule has 0 aliphatic carbocycles. The summed E-state index contributed by atoms with van der Waals surface area (Å²) in [5.74, 6) is -0.978. The highest BCUT2D eigenvalue weighted by Gasteiger charge is 2.19. The molecule has 0 spiro atoms. The van der Waals surface area contributed by atoms with E-state index in [9.17, 15) is 14.4 Å². The highest BCUT2D eigenvalue weighted by molar-refractivity contribution is 5.71. The van der Waals surface area contributed by atoms with Gasteiger partial charge in [-0.25, -0.2) is 0 Å². The molecular formula is C68H108O6. The summed E-state index contributed by atoms with van der Waals surface area (Å²) in [7, 11) is 0. The maximum Gasteiger partial charge on any atom is 0.306 e. The summed E-state index contributed by atoms with van der Waals surface area (Å²) in [5.41, 5.74) is 0. The van der Waals surface area contributed by atoms with Gasteiger partial charge in [0.15, 0.2) is 6.10 Å². The van der Waals surface area contributed by atoms with Gasteiger partial charge in [-0.1, -0.05) is 231 Å². The molecule has 1 unspecified atom stereocenters. The Morgan fingerprint density at radius 1 is 0.284 bits per heavy atom. The van der Waals surface area contributed by atoms with Crippen molar-refractivity contribution in [2.45, 2.75) is 252 Å². The second-order valence-corrected chi connectivity index (χ2v) is 19.1. The van der Waals surface area contributed by atoms with Crippen molar-refractivity contribution in [3.63, 3.8) is 0 Å². The molecule has 1 atom stereocenters.